The van der Waals surface area contributed by atoms with Gasteiger partial charge in [-0.2, -0.15) is 0 Å². The van der Waals surface area contributed by atoms with Crippen LogP contribution in [0.5, 0.6) is 0 Å². The van der Waals surface area contributed by atoms with Crippen LogP contribution in [0.15, 0.2) is 12.3 Å². The highest BCUT2D eigenvalue weighted by Gasteiger charge is 2.20. The Balaban J connectivity index is 1.91. The quantitative estimate of drug-likeness (QED) is 0.481. The standard InChI is InChI=1S/C11H14ClN3O2/c12-9-6-10(15(16)17)11(14-7-9)13-5-1-2-8-3-4-8/h6-8H,1-5H2,(H,13,14). The molecule has 0 aliphatic heterocycles. The zero-order valence-electron chi connectivity index (χ0n) is 9.36. The van der Waals surface area contributed by atoms with Crippen molar-refractivity contribution < 1.29 is 4.92 Å². The van der Waals surface area contributed by atoms with Gasteiger partial charge in [0, 0.05) is 18.8 Å². The molecule has 0 atom stereocenters. The van der Waals surface area contributed by atoms with Crippen LogP contribution in [0.25, 0.3) is 0 Å². The molecular weight excluding hydrogens is 242 g/mol. The van der Waals surface area contributed by atoms with Gasteiger partial charge in [0.15, 0.2) is 0 Å². The van der Waals surface area contributed by atoms with E-state index >= 15 is 0 Å². The molecule has 1 fully saturated rings. The average Bonchev–Trinajstić information content (AvgIpc) is 3.09. The van der Waals surface area contributed by atoms with Crippen LogP contribution in [0.3, 0.4) is 0 Å². The lowest BCUT2D eigenvalue weighted by molar-refractivity contribution is -0.384. The van der Waals surface area contributed by atoms with Gasteiger partial charge in [-0.15, -0.1) is 0 Å². The van der Waals surface area contributed by atoms with Crippen LogP contribution in [0.2, 0.25) is 5.02 Å². The summed E-state index contributed by atoms with van der Waals surface area (Å²) in [6.07, 6.45) is 6.29. The molecule has 1 aromatic heterocycles. The zero-order chi connectivity index (χ0) is 12.3. The SMILES string of the molecule is O=[N+]([O-])c1cc(Cl)cnc1NCCCC1CC1. The summed E-state index contributed by atoms with van der Waals surface area (Å²) >= 11 is 5.68. The molecule has 1 aliphatic rings. The lowest BCUT2D eigenvalue weighted by atomic mass is 10.2. The van der Waals surface area contributed by atoms with Crippen LogP contribution in [0.1, 0.15) is 25.7 Å². The first-order valence-electron chi connectivity index (χ1n) is 5.70. The number of hydrogen-bond donors (Lipinski definition) is 1. The van der Waals surface area contributed by atoms with Gasteiger partial charge in [-0.25, -0.2) is 4.98 Å². The fourth-order valence-electron chi connectivity index (χ4n) is 1.71. The molecule has 92 valence electrons. The highest BCUT2D eigenvalue weighted by molar-refractivity contribution is 6.30. The molecule has 5 nitrogen and oxygen atoms in total. The molecule has 0 spiro atoms. The minimum atomic E-state index is -0.470. The second-order valence-corrected chi connectivity index (χ2v) is 4.73. The summed E-state index contributed by atoms with van der Waals surface area (Å²) in [4.78, 5) is 14.3. The molecule has 1 aromatic rings. The lowest BCUT2D eigenvalue weighted by Gasteiger charge is -2.05. The molecule has 1 heterocycles. The molecule has 0 aromatic carbocycles. The molecule has 17 heavy (non-hydrogen) atoms. The third-order valence-electron chi connectivity index (χ3n) is 2.81. The number of halogens is 1. The predicted molar refractivity (Wildman–Crippen MR) is 66.3 cm³/mol. The Kier molecular flexibility index (Phi) is 3.78. The molecule has 6 heteroatoms. The van der Waals surface area contributed by atoms with Crippen LogP contribution in [0.4, 0.5) is 11.5 Å². The van der Waals surface area contributed by atoms with Crippen molar-refractivity contribution in [2.75, 3.05) is 11.9 Å². The van der Waals surface area contributed by atoms with E-state index in [-0.39, 0.29) is 10.7 Å². The lowest BCUT2D eigenvalue weighted by Crippen LogP contribution is -2.06. The summed E-state index contributed by atoms with van der Waals surface area (Å²) in [6.45, 7) is 0.714. The zero-order valence-corrected chi connectivity index (χ0v) is 10.1. The molecule has 1 N–H and O–H groups in total. The van der Waals surface area contributed by atoms with Crippen molar-refractivity contribution in [3.8, 4) is 0 Å². The van der Waals surface area contributed by atoms with Gasteiger partial charge in [0.1, 0.15) is 0 Å². The molecule has 0 amide bonds. The number of nitrogens with one attached hydrogen (secondary N) is 1. The van der Waals surface area contributed by atoms with Gasteiger partial charge < -0.3 is 5.32 Å². The first-order chi connectivity index (χ1) is 8.16. The second kappa shape index (κ2) is 5.31. The van der Waals surface area contributed by atoms with Gasteiger partial charge in [-0.3, -0.25) is 10.1 Å². The van der Waals surface area contributed by atoms with Crippen molar-refractivity contribution in [1.29, 1.82) is 0 Å². The van der Waals surface area contributed by atoms with E-state index in [0.717, 1.165) is 12.3 Å². The Labute approximate surface area is 104 Å². The minimum Gasteiger partial charge on any atom is -0.364 e. The van der Waals surface area contributed by atoms with Crippen molar-refractivity contribution in [1.82, 2.24) is 4.98 Å². The fourth-order valence-corrected chi connectivity index (χ4v) is 1.86. The smallest absolute Gasteiger partial charge is 0.312 e. The van der Waals surface area contributed by atoms with Gasteiger partial charge in [-0.1, -0.05) is 24.4 Å². The van der Waals surface area contributed by atoms with Gasteiger partial charge in [0.05, 0.1) is 9.95 Å². The summed E-state index contributed by atoms with van der Waals surface area (Å²) in [5.41, 5.74) is -0.0658. The number of anilines is 1. The maximum Gasteiger partial charge on any atom is 0.312 e. The Morgan fingerprint density at radius 1 is 1.59 bits per heavy atom. The Morgan fingerprint density at radius 2 is 2.35 bits per heavy atom. The number of nitro groups is 1. The monoisotopic (exact) mass is 255 g/mol. The van der Waals surface area contributed by atoms with Crippen LogP contribution >= 0.6 is 11.6 Å². The van der Waals surface area contributed by atoms with E-state index in [2.05, 4.69) is 10.3 Å². The van der Waals surface area contributed by atoms with Crippen molar-refractivity contribution >= 4 is 23.1 Å². The van der Waals surface area contributed by atoms with E-state index < -0.39 is 4.92 Å². The number of aromatic nitrogens is 1. The van der Waals surface area contributed by atoms with E-state index in [9.17, 15) is 10.1 Å². The van der Waals surface area contributed by atoms with Crippen molar-refractivity contribution in [3.63, 3.8) is 0 Å². The van der Waals surface area contributed by atoms with Crippen LogP contribution < -0.4 is 5.32 Å². The predicted octanol–water partition coefficient (Wildman–Crippen LogP) is 3.25. The molecule has 0 saturated heterocycles. The summed E-state index contributed by atoms with van der Waals surface area (Å²) in [5, 5.41) is 14.1. The summed E-state index contributed by atoms with van der Waals surface area (Å²) < 4.78 is 0. The normalized spacial score (nSPS) is 14.6. The van der Waals surface area contributed by atoms with Crippen molar-refractivity contribution in [2.45, 2.75) is 25.7 Å². The van der Waals surface area contributed by atoms with E-state index in [0.29, 0.717) is 12.4 Å². The largest absolute Gasteiger partial charge is 0.364 e. The third-order valence-corrected chi connectivity index (χ3v) is 3.02. The number of hydrogen-bond acceptors (Lipinski definition) is 4. The second-order valence-electron chi connectivity index (χ2n) is 4.29. The summed E-state index contributed by atoms with van der Waals surface area (Å²) in [5.74, 6) is 1.18. The average molecular weight is 256 g/mol. The maximum atomic E-state index is 10.8. The van der Waals surface area contributed by atoms with E-state index in [1.54, 1.807) is 0 Å². The maximum absolute atomic E-state index is 10.8. The molecule has 1 saturated carbocycles. The first kappa shape index (κ1) is 12.1. The highest BCUT2D eigenvalue weighted by Crippen LogP contribution is 2.33. The van der Waals surface area contributed by atoms with Crippen LogP contribution in [-0.4, -0.2) is 16.5 Å². The number of nitrogens with zero attached hydrogens (tertiary/aromatic N) is 2. The molecule has 1 aliphatic carbocycles. The van der Waals surface area contributed by atoms with Crippen molar-refractivity contribution in [2.24, 2.45) is 5.92 Å². The minimum absolute atomic E-state index is 0.0658. The molecule has 0 bridgehead atoms. The number of rotatable bonds is 6. The van der Waals surface area contributed by atoms with E-state index in [1.807, 2.05) is 0 Å². The molecule has 0 radical (unpaired) electrons. The Hall–Kier alpha value is -1.36. The first-order valence-corrected chi connectivity index (χ1v) is 6.08. The molecule has 0 unspecified atom stereocenters. The Morgan fingerprint density at radius 3 is 3.00 bits per heavy atom. The highest BCUT2D eigenvalue weighted by atomic mass is 35.5. The van der Waals surface area contributed by atoms with E-state index in [1.165, 1.54) is 31.5 Å². The van der Waals surface area contributed by atoms with Gasteiger partial charge >= 0.3 is 5.69 Å². The number of pyridine rings is 1. The summed E-state index contributed by atoms with van der Waals surface area (Å²) in [6, 6.07) is 1.32. The van der Waals surface area contributed by atoms with Gasteiger partial charge in [0.2, 0.25) is 5.82 Å². The molecule has 2 rings (SSSR count). The third kappa shape index (κ3) is 3.56. The summed E-state index contributed by atoms with van der Waals surface area (Å²) in [7, 11) is 0. The Bertz CT molecular complexity index is 421. The van der Waals surface area contributed by atoms with Gasteiger partial charge in [0.25, 0.3) is 0 Å². The molecular formula is C11H14ClN3O2. The van der Waals surface area contributed by atoms with Crippen LogP contribution in [0, 0.1) is 16.0 Å². The van der Waals surface area contributed by atoms with E-state index in [4.69, 9.17) is 11.6 Å². The topological polar surface area (TPSA) is 68.1 Å². The van der Waals surface area contributed by atoms with Crippen LogP contribution in [-0.2, 0) is 0 Å². The van der Waals surface area contributed by atoms with Crippen molar-refractivity contribution in [3.05, 3.63) is 27.4 Å². The fraction of sp³-hybridized carbons (Fsp3) is 0.545. The van der Waals surface area contributed by atoms with Gasteiger partial charge in [-0.05, 0) is 18.8 Å².